The molecule has 3 aromatic rings. The molecule has 1 heterocycles. The van der Waals surface area contributed by atoms with Crippen molar-refractivity contribution in [1.82, 2.24) is 9.97 Å². The molecule has 7 nitrogen and oxygen atoms in total. The fourth-order valence-corrected chi connectivity index (χ4v) is 2.59. The van der Waals surface area contributed by atoms with Crippen LogP contribution in [0.15, 0.2) is 60.9 Å². The second-order valence-electron chi connectivity index (χ2n) is 6.28. The zero-order valence-corrected chi connectivity index (χ0v) is 16.4. The molecule has 31 heavy (non-hydrogen) atoms. The number of aromatic nitrogens is 2. The SMILES string of the molecule is COCCOc1ccc(C(F)(F)F)cc1NC(=O)c1cccc(Nc2ncccn2)c1. The lowest BCUT2D eigenvalue weighted by Crippen LogP contribution is -2.15. The summed E-state index contributed by atoms with van der Waals surface area (Å²) < 4.78 is 49.7. The first-order chi connectivity index (χ1) is 14.9. The molecular weight excluding hydrogens is 413 g/mol. The van der Waals surface area contributed by atoms with E-state index in [2.05, 4.69) is 20.6 Å². The highest BCUT2D eigenvalue weighted by molar-refractivity contribution is 6.05. The van der Waals surface area contributed by atoms with Gasteiger partial charge in [-0.05, 0) is 42.5 Å². The minimum absolute atomic E-state index is 0.0966. The maximum absolute atomic E-state index is 13.1. The smallest absolute Gasteiger partial charge is 0.416 e. The molecule has 0 spiro atoms. The van der Waals surface area contributed by atoms with Gasteiger partial charge in [0.1, 0.15) is 12.4 Å². The van der Waals surface area contributed by atoms with Crippen molar-refractivity contribution < 1.29 is 27.4 Å². The fraction of sp³-hybridized carbons (Fsp3) is 0.190. The Kier molecular flexibility index (Phi) is 7.03. The average Bonchev–Trinajstić information content (AvgIpc) is 2.75. The Bertz CT molecular complexity index is 1030. The van der Waals surface area contributed by atoms with E-state index in [-0.39, 0.29) is 30.2 Å². The third kappa shape index (κ3) is 6.16. The van der Waals surface area contributed by atoms with E-state index in [4.69, 9.17) is 9.47 Å². The second kappa shape index (κ2) is 9.90. The number of rotatable bonds is 8. The predicted octanol–water partition coefficient (Wildman–Crippen LogP) is 4.52. The van der Waals surface area contributed by atoms with Crippen LogP contribution in [0.3, 0.4) is 0 Å². The van der Waals surface area contributed by atoms with Gasteiger partial charge in [0.15, 0.2) is 0 Å². The lowest BCUT2D eigenvalue weighted by molar-refractivity contribution is -0.137. The number of nitrogens with zero attached hydrogens (tertiary/aromatic N) is 2. The van der Waals surface area contributed by atoms with Crippen molar-refractivity contribution in [3.05, 3.63) is 72.1 Å². The van der Waals surface area contributed by atoms with Crippen LogP contribution in [-0.4, -0.2) is 36.2 Å². The number of alkyl halides is 3. The van der Waals surface area contributed by atoms with E-state index in [0.717, 1.165) is 12.1 Å². The van der Waals surface area contributed by atoms with Gasteiger partial charge in [0, 0.05) is 30.8 Å². The number of amides is 1. The zero-order valence-electron chi connectivity index (χ0n) is 16.4. The molecule has 0 radical (unpaired) electrons. The first-order valence-corrected chi connectivity index (χ1v) is 9.15. The molecule has 0 aliphatic heterocycles. The summed E-state index contributed by atoms with van der Waals surface area (Å²) in [6.45, 7) is 0.352. The van der Waals surface area contributed by atoms with E-state index >= 15 is 0 Å². The fourth-order valence-electron chi connectivity index (χ4n) is 2.59. The van der Waals surface area contributed by atoms with Gasteiger partial charge in [-0.1, -0.05) is 6.07 Å². The topological polar surface area (TPSA) is 85.4 Å². The van der Waals surface area contributed by atoms with Crippen molar-refractivity contribution in [2.24, 2.45) is 0 Å². The standard InChI is InChI=1S/C21H19F3N4O3/c1-30-10-11-31-18-7-6-15(21(22,23)24)13-17(18)28-19(29)14-4-2-5-16(12-14)27-20-25-8-3-9-26-20/h2-9,12-13H,10-11H2,1H3,(H,28,29)(H,25,26,27). The van der Waals surface area contributed by atoms with Crippen molar-refractivity contribution in [2.75, 3.05) is 31.0 Å². The maximum Gasteiger partial charge on any atom is 0.416 e. The highest BCUT2D eigenvalue weighted by atomic mass is 19.4. The number of ether oxygens (including phenoxy) is 2. The highest BCUT2D eigenvalue weighted by Gasteiger charge is 2.31. The normalized spacial score (nSPS) is 11.1. The molecule has 0 saturated heterocycles. The Hall–Kier alpha value is -3.66. The number of methoxy groups -OCH3 is 1. The average molecular weight is 432 g/mol. The van der Waals surface area contributed by atoms with E-state index in [1.807, 2.05) is 0 Å². The number of anilines is 3. The molecule has 2 N–H and O–H groups in total. The van der Waals surface area contributed by atoms with Gasteiger partial charge in [0.2, 0.25) is 5.95 Å². The molecule has 0 aliphatic rings. The summed E-state index contributed by atoms with van der Waals surface area (Å²) in [4.78, 5) is 20.8. The number of benzene rings is 2. The quantitative estimate of drug-likeness (QED) is 0.510. The maximum atomic E-state index is 13.1. The Morgan fingerprint density at radius 2 is 1.81 bits per heavy atom. The van der Waals surface area contributed by atoms with E-state index in [9.17, 15) is 18.0 Å². The summed E-state index contributed by atoms with van der Waals surface area (Å²) in [5.74, 6) is -0.161. The lowest BCUT2D eigenvalue weighted by Gasteiger charge is -2.15. The predicted molar refractivity (Wildman–Crippen MR) is 109 cm³/mol. The number of hydrogen-bond donors (Lipinski definition) is 2. The summed E-state index contributed by atoms with van der Waals surface area (Å²) in [6, 6.07) is 11.0. The van der Waals surface area contributed by atoms with Crippen LogP contribution in [0, 0.1) is 0 Å². The molecule has 2 aromatic carbocycles. The molecule has 0 saturated carbocycles. The Morgan fingerprint density at radius 1 is 1.03 bits per heavy atom. The van der Waals surface area contributed by atoms with Gasteiger partial charge in [0.25, 0.3) is 5.91 Å². The van der Waals surface area contributed by atoms with Crippen molar-refractivity contribution in [3.8, 4) is 5.75 Å². The van der Waals surface area contributed by atoms with Crippen LogP contribution in [0.2, 0.25) is 0 Å². The second-order valence-corrected chi connectivity index (χ2v) is 6.28. The van der Waals surface area contributed by atoms with Crippen LogP contribution in [0.1, 0.15) is 15.9 Å². The molecule has 3 rings (SSSR count). The third-order valence-electron chi connectivity index (χ3n) is 4.05. The monoisotopic (exact) mass is 432 g/mol. The van der Waals surface area contributed by atoms with Gasteiger partial charge in [-0.15, -0.1) is 0 Å². The van der Waals surface area contributed by atoms with Gasteiger partial charge in [-0.2, -0.15) is 13.2 Å². The summed E-state index contributed by atoms with van der Waals surface area (Å²) in [7, 11) is 1.47. The molecule has 0 fully saturated rings. The van der Waals surface area contributed by atoms with Crippen molar-refractivity contribution in [2.45, 2.75) is 6.18 Å². The van der Waals surface area contributed by atoms with Gasteiger partial charge in [-0.25, -0.2) is 9.97 Å². The van der Waals surface area contributed by atoms with Gasteiger partial charge in [-0.3, -0.25) is 4.79 Å². The van der Waals surface area contributed by atoms with Crippen LogP contribution < -0.4 is 15.4 Å². The first kappa shape index (κ1) is 22.0. The van der Waals surface area contributed by atoms with E-state index in [1.54, 1.807) is 30.6 Å². The number of halogens is 3. The van der Waals surface area contributed by atoms with Crippen LogP contribution in [0.4, 0.5) is 30.5 Å². The minimum Gasteiger partial charge on any atom is -0.489 e. The van der Waals surface area contributed by atoms with Crippen LogP contribution >= 0.6 is 0 Å². The molecule has 0 atom stereocenters. The van der Waals surface area contributed by atoms with E-state index in [0.29, 0.717) is 11.6 Å². The molecular formula is C21H19F3N4O3. The minimum atomic E-state index is -4.57. The highest BCUT2D eigenvalue weighted by Crippen LogP contribution is 2.35. The Morgan fingerprint density at radius 3 is 2.52 bits per heavy atom. The summed E-state index contributed by atoms with van der Waals surface area (Å²) in [6.07, 6.45) is -1.45. The van der Waals surface area contributed by atoms with Crippen LogP contribution in [0.5, 0.6) is 5.75 Å². The number of carbonyl (C=O) groups is 1. The zero-order chi connectivity index (χ0) is 22.3. The number of carbonyl (C=O) groups excluding carboxylic acids is 1. The number of hydrogen-bond acceptors (Lipinski definition) is 6. The molecule has 1 aromatic heterocycles. The summed E-state index contributed by atoms with van der Waals surface area (Å²) >= 11 is 0. The number of nitrogens with one attached hydrogen (secondary N) is 2. The summed E-state index contributed by atoms with van der Waals surface area (Å²) in [5, 5.41) is 5.44. The lowest BCUT2D eigenvalue weighted by atomic mass is 10.1. The molecule has 1 amide bonds. The van der Waals surface area contributed by atoms with Gasteiger partial charge >= 0.3 is 6.18 Å². The van der Waals surface area contributed by atoms with E-state index in [1.165, 1.54) is 25.3 Å². The Balaban J connectivity index is 1.82. The Labute approximate surface area is 176 Å². The molecule has 0 bridgehead atoms. The van der Waals surface area contributed by atoms with E-state index < -0.39 is 17.6 Å². The summed E-state index contributed by atoms with van der Waals surface area (Å²) in [5.41, 5.74) is -0.236. The van der Waals surface area contributed by atoms with Gasteiger partial charge < -0.3 is 20.1 Å². The van der Waals surface area contributed by atoms with Crippen molar-refractivity contribution in [1.29, 1.82) is 0 Å². The third-order valence-corrected chi connectivity index (χ3v) is 4.05. The van der Waals surface area contributed by atoms with Crippen LogP contribution in [-0.2, 0) is 10.9 Å². The molecule has 0 unspecified atom stereocenters. The van der Waals surface area contributed by atoms with Crippen molar-refractivity contribution in [3.63, 3.8) is 0 Å². The first-order valence-electron chi connectivity index (χ1n) is 9.15. The molecule has 10 heteroatoms. The largest absolute Gasteiger partial charge is 0.489 e. The van der Waals surface area contributed by atoms with Crippen molar-refractivity contribution >= 4 is 23.2 Å². The molecule has 0 aliphatic carbocycles. The van der Waals surface area contributed by atoms with Crippen LogP contribution in [0.25, 0.3) is 0 Å². The van der Waals surface area contributed by atoms with Gasteiger partial charge in [0.05, 0.1) is 17.9 Å². The molecule has 162 valence electrons.